The van der Waals surface area contributed by atoms with E-state index in [0.717, 1.165) is 94.8 Å². The maximum Gasteiger partial charge on any atom is 0.324 e. The molecule has 5 aliphatic rings. The highest BCUT2D eigenvalue weighted by Gasteiger charge is 2.49. The van der Waals surface area contributed by atoms with Crippen LogP contribution in [0.4, 0.5) is 5.69 Å². The second kappa shape index (κ2) is 17.3. The number of rotatable bonds is 7. The Balaban J connectivity index is 1.15. The van der Waals surface area contributed by atoms with Crippen LogP contribution in [-0.2, 0) is 48.0 Å². The minimum atomic E-state index is -0.843. The Bertz CT molecular complexity index is 2340. The van der Waals surface area contributed by atoms with Crippen molar-refractivity contribution < 1.29 is 28.6 Å². The van der Waals surface area contributed by atoms with Gasteiger partial charge in [0.15, 0.2) is 0 Å². The molecule has 1 aliphatic carbocycles. The molecule has 4 fully saturated rings. The number of anilines is 1. The van der Waals surface area contributed by atoms with Crippen molar-refractivity contribution in [3.8, 4) is 22.5 Å². The van der Waals surface area contributed by atoms with Crippen LogP contribution in [0.5, 0.6) is 0 Å². The number of hydrazine groups is 1. The Morgan fingerprint density at radius 2 is 1.95 bits per heavy atom. The first kappa shape index (κ1) is 42.9. The fraction of sp³-hybridized carbons (Fsp3) is 0.596. The minimum absolute atomic E-state index is 0.114. The fourth-order valence-electron chi connectivity index (χ4n) is 10.2. The second-order valence-corrected chi connectivity index (χ2v) is 19.9. The van der Waals surface area contributed by atoms with Crippen LogP contribution in [0, 0.1) is 23.2 Å². The van der Waals surface area contributed by atoms with E-state index in [-0.39, 0.29) is 48.7 Å². The molecule has 3 aromatic heterocycles. The number of thiazole rings is 1. The van der Waals surface area contributed by atoms with Crippen molar-refractivity contribution in [1.82, 2.24) is 35.2 Å². The lowest BCUT2D eigenvalue weighted by atomic mass is 9.84. The molecule has 6 bridgehead atoms. The number of ether oxygens (including phenoxy) is 3. The number of aryl methyl sites for hydroxylation is 1. The van der Waals surface area contributed by atoms with Crippen molar-refractivity contribution in [3.63, 3.8) is 0 Å². The maximum absolute atomic E-state index is 14.2. The Hall–Kier alpha value is -4.41. The summed E-state index contributed by atoms with van der Waals surface area (Å²) in [5, 5.41) is 8.49. The molecule has 1 unspecified atom stereocenters. The van der Waals surface area contributed by atoms with E-state index in [4.69, 9.17) is 24.2 Å². The van der Waals surface area contributed by atoms with Gasteiger partial charge in [-0.3, -0.25) is 29.3 Å². The van der Waals surface area contributed by atoms with Gasteiger partial charge < -0.3 is 29.0 Å². The Labute approximate surface area is 368 Å². The van der Waals surface area contributed by atoms with Crippen LogP contribution in [-0.4, -0.2) is 120 Å². The number of nitrogens with one attached hydrogen (secondary N) is 2. The van der Waals surface area contributed by atoms with Crippen LogP contribution in [0.1, 0.15) is 76.8 Å². The van der Waals surface area contributed by atoms with Gasteiger partial charge in [-0.15, -0.1) is 11.3 Å². The Morgan fingerprint density at radius 3 is 2.73 bits per heavy atom. The quantitative estimate of drug-likeness (QED) is 0.224. The molecular weight excluding hydrogens is 805 g/mol. The number of morpholine rings is 1. The summed E-state index contributed by atoms with van der Waals surface area (Å²) < 4.78 is 20.5. The number of cyclic esters (lactones) is 1. The lowest BCUT2D eigenvalue weighted by Gasteiger charge is -2.44. The van der Waals surface area contributed by atoms with Crippen molar-refractivity contribution in [3.05, 3.63) is 52.1 Å². The number of nitrogens with zero attached hydrogens (tertiary/aromatic N) is 6. The number of pyridine rings is 1. The van der Waals surface area contributed by atoms with Gasteiger partial charge >= 0.3 is 5.97 Å². The van der Waals surface area contributed by atoms with Gasteiger partial charge in [0, 0.05) is 91.5 Å². The lowest BCUT2D eigenvalue weighted by Crippen LogP contribution is -2.60. The molecule has 14 nitrogen and oxygen atoms in total. The molecule has 4 aromatic rings. The zero-order valence-electron chi connectivity index (χ0n) is 37.2. The maximum atomic E-state index is 14.2. The van der Waals surface area contributed by atoms with Gasteiger partial charge in [-0.2, -0.15) is 0 Å². The largest absolute Gasteiger partial charge is 0.464 e. The van der Waals surface area contributed by atoms with Gasteiger partial charge in [-0.25, -0.2) is 10.4 Å². The van der Waals surface area contributed by atoms with E-state index >= 15 is 0 Å². The molecule has 1 saturated carbocycles. The summed E-state index contributed by atoms with van der Waals surface area (Å²) in [5.41, 5.74) is 10.8. The summed E-state index contributed by atoms with van der Waals surface area (Å²) in [6.45, 7) is 19.2. The number of methoxy groups -OCH3 is 1. The van der Waals surface area contributed by atoms with Gasteiger partial charge in [0.05, 0.1) is 65.9 Å². The van der Waals surface area contributed by atoms with E-state index < -0.39 is 23.5 Å². The molecular formula is C47H62N8O6S. The average molecular weight is 867 g/mol. The van der Waals surface area contributed by atoms with E-state index in [9.17, 15) is 14.4 Å². The summed E-state index contributed by atoms with van der Waals surface area (Å²) in [5.74, 6) is -0.384. The molecule has 9 rings (SSSR count). The zero-order valence-corrected chi connectivity index (χ0v) is 38.1. The van der Waals surface area contributed by atoms with Crippen LogP contribution in [0.2, 0.25) is 0 Å². The van der Waals surface area contributed by atoms with E-state index in [2.05, 4.69) is 90.9 Å². The number of esters is 1. The molecule has 0 radical (unpaired) electrons. The molecule has 2 amide bonds. The molecule has 3 saturated heterocycles. The van der Waals surface area contributed by atoms with Gasteiger partial charge in [-0.1, -0.05) is 33.8 Å². The molecule has 2 N–H and O–H groups in total. The van der Waals surface area contributed by atoms with Gasteiger partial charge in [0.25, 0.3) is 5.91 Å². The Kier molecular flexibility index (Phi) is 12.0. The van der Waals surface area contributed by atoms with Crippen LogP contribution in [0.15, 0.2) is 35.8 Å². The van der Waals surface area contributed by atoms with Crippen molar-refractivity contribution in [2.24, 2.45) is 23.2 Å². The summed E-state index contributed by atoms with van der Waals surface area (Å²) in [6.07, 6.45) is 3.74. The van der Waals surface area contributed by atoms with E-state index in [1.54, 1.807) is 7.11 Å². The number of amides is 2. The third kappa shape index (κ3) is 8.26. The first-order valence-corrected chi connectivity index (χ1v) is 23.5. The van der Waals surface area contributed by atoms with Crippen molar-refractivity contribution in [2.45, 2.75) is 98.0 Å². The zero-order chi connectivity index (χ0) is 43.4. The average Bonchev–Trinajstić information content (AvgIpc) is 3.54. The predicted molar refractivity (Wildman–Crippen MR) is 240 cm³/mol. The van der Waals surface area contributed by atoms with Gasteiger partial charge in [0.2, 0.25) is 5.91 Å². The molecule has 7 atom stereocenters. The number of carbonyl (C=O) groups is 3. The number of hydrogen-bond acceptors (Lipinski definition) is 12. The van der Waals surface area contributed by atoms with Gasteiger partial charge in [0.1, 0.15) is 12.1 Å². The van der Waals surface area contributed by atoms with Crippen molar-refractivity contribution in [1.29, 1.82) is 0 Å². The summed E-state index contributed by atoms with van der Waals surface area (Å²) in [4.78, 5) is 56.9. The highest BCUT2D eigenvalue weighted by atomic mass is 32.1. The molecule has 7 heterocycles. The summed E-state index contributed by atoms with van der Waals surface area (Å²) in [6, 6.07) is 7.67. The normalized spacial score (nSPS) is 27.3. The highest BCUT2D eigenvalue weighted by molar-refractivity contribution is 7.10. The standard InChI is InChI=1S/C47H62N8O6S/c1-8-54-39-12-11-30-18-33(39)35(43(54)34-19-31(22-48-42(34)29(4)59-7)53-15-14-52-16-17-60-24-32(52)23-53)21-47(5,6)26-61-46(58)36-10-9-13-55(51-36)45(57)37(20-40-49-38(30)25-62-40)50-44(56)41-27(2)28(41)3/h11-12,18-19,22,25,27-29,32,36-37,41,51H,8-10,13-17,20-21,23-24,26H2,1-7H3,(H,50,56)/t27-,28+,29-,32-,36-,37-,41?/m0/s1. The van der Waals surface area contributed by atoms with Crippen LogP contribution >= 0.6 is 11.3 Å². The van der Waals surface area contributed by atoms with Crippen LogP contribution in [0.25, 0.3) is 33.4 Å². The van der Waals surface area contributed by atoms with Crippen molar-refractivity contribution >= 4 is 45.7 Å². The molecule has 15 heteroatoms. The number of benzene rings is 1. The fourth-order valence-corrected chi connectivity index (χ4v) is 11.0. The third-order valence-corrected chi connectivity index (χ3v) is 15.0. The van der Waals surface area contributed by atoms with E-state index in [1.165, 1.54) is 16.3 Å². The molecule has 0 spiro atoms. The smallest absolute Gasteiger partial charge is 0.324 e. The van der Waals surface area contributed by atoms with E-state index in [0.29, 0.717) is 38.4 Å². The topological polar surface area (TPSA) is 143 Å². The van der Waals surface area contributed by atoms with Crippen LogP contribution in [0.3, 0.4) is 0 Å². The first-order valence-electron chi connectivity index (χ1n) is 22.6. The molecule has 4 aliphatic heterocycles. The number of carbonyl (C=O) groups excluding carboxylic acids is 3. The van der Waals surface area contributed by atoms with E-state index in [1.807, 2.05) is 11.6 Å². The predicted octanol–water partition coefficient (Wildman–Crippen LogP) is 5.63. The van der Waals surface area contributed by atoms with Crippen LogP contribution < -0.4 is 15.6 Å². The molecule has 62 heavy (non-hydrogen) atoms. The number of aromatic nitrogens is 3. The Morgan fingerprint density at radius 1 is 1.13 bits per heavy atom. The number of fused-ring (bicyclic) bond motifs is 7. The lowest BCUT2D eigenvalue weighted by molar-refractivity contribution is -0.155. The number of hydrogen-bond donors (Lipinski definition) is 2. The van der Waals surface area contributed by atoms with Crippen molar-refractivity contribution in [2.75, 3.05) is 64.6 Å². The highest BCUT2D eigenvalue weighted by Crippen LogP contribution is 2.46. The summed E-state index contributed by atoms with van der Waals surface area (Å²) >= 11 is 1.49. The third-order valence-electron chi connectivity index (χ3n) is 14.1. The first-order chi connectivity index (χ1) is 29.8. The molecule has 332 valence electrons. The van der Waals surface area contributed by atoms with Gasteiger partial charge in [-0.05, 0) is 68.7 Å². The second-order valence-electron chi connectivity index (χ2n) is 18.9. The monoisotopic (exact) mass is 866 g/mol. The summed E-state index contributed by atoms with van der Waals surface area (Å²) in [7, 11) is 1.73. The SMILES string of the molecule is CCn1c(-c2cc(N3CCN4CCOC[C@@H]4C3)cnc2[C@H](C)OC)c2c3cc(ccc31)-c1csc(n1)C[C@H](NC(=O)C1[C@@H](C)[C@H]1C)C(=O)N1CCC[C@H](N1)C(=O)OCC(C)(C)C2. The number of piperazine rings is 1. The molecule has 1 aromatic carbocycles. The minimum Gasteiger partial charge on any atom is -0.464 e.